The zero-order valence-corrected chi connectivity index (χ0v) is 16.2. The van der Waals surface area contributed by atoms with Gasteiger partial charge in [0.15, 0.2) is 11.6 Å². The van der Waals surface area contributed by atoms with Crippen molar-refractivity contribution >= 4 is 5.91 Å². The van der Waals surface area contributed by atoms with Crippen LogP contribution in [-0.4, -0.2) is 58.8 Å². The maximum absolute atomic E-state index is 13.8. The molecule has 0 bridgehead atoms. The minimum atomic E-state index is -0.373. The van der Waals surface area contributed by atoms with Crippen molar-refractivity contribution in [2.45, 2.75) is 26.4 Å². The van der Waals surface area contributed by atoms with Crippen LogP contribution in [0.25, 0.3) is 0 Å². The molecule has 7 nitrogen and oxygen atoms in total. The Kier molecular flexibility index (Phi) is 6.41. The summed E-state index contributed by atoms with van der Waals surface area (Å²) in [5.41, 5.74) is 0.958. The molecule has 0 N–H and O–H groups in total. The fourth-order valence-electron chi connectivity index (χ4n) is 3.27. The maximum atomic E-state index is 13.8. The maximum Gasteiger partial charge on any atom is 0.274 e. The molecule has 0 atom stereocenters. The molecule has 2 heterocycles. The summed E-state index contributed by atoms with van der Waals surface area (Å²) in [7, 11) is 1.44. The normalized spacial score (nSPS) is 14.9. The molecule has 0 spiro atoms. The molecular formula is C20H25FN4O3. The van der Waals surface area contributed by atoms with Crippen molar-refractivity contribution in [1.82, 2.24) is 19.6 Å². The number of ether oxygens (including phenoxy) is 1. The second kappa shape index (κ2) is 8.97. The Bertz CT molecular complexity index is 891. The number of benzene rings is 1. The van der Waals surface area contributed by atoms with E-state index in [0.29, 0.717) is 45.0 Å². The molecule has 1 aliphatic heterocycles. The Morgan fingerprint density at radius 2 is 1.93 bits per heavy atom. The van der Waals surface area contributed by atoms with Crippen LogP contribution in [0.3, 0.4) is 0 Å². The van der Waals surface area contributed by atoms with Gasteiger partial charge in [0.25, 0.3) is 11.5 Å². The zero-order chi connectivity index (χ0) is 20.1. The van der Waals surface area contributed by atoms with Crippen LogP contribution >= 0.6 is 0 Å². The van der Waals surface area contributed by atoms with Crippen molar-refractivity contribution in [2.75, 3.05) is 33.3 Å². The highest BCUT2D eigenvalue weighted by Gasteiger charge is 2.23. The van der Waals surface area contributed by atoms with Crippen LogP contribution in [0.1, 0.15) is 29.4 Å². The van der Waals surface area contributed by atoms with Crippen LogP contribution < -0.4 is 10.3 Å². The van der Waals surface area contributed by atoms with Gasteiger partial charge in [0, 0.05) is 45.3 Å². The molecule has 1 amide bonds. The highest BCUT2D eigenvalue weighted by molar-refractivity contribution is 5.92. The topological polar surface area (TPSA) is 67.7 Å². The number of carbonyl (C=O) groups is 1. The third-order valence-electron chi connectivity index (χ3n) is 4.80. The summed E-state index contributed by atoms with van der Waals surface area (Å²) in [5.74, 6) is -0.307. The number of halogens is 1. The number of hydrogen-bond donors (Lipinski definition) is 0. The van der Waals surface area contributed by atoms with Crippen molar-refractivity contribution in [3.63, 3.8) is 0 Å². The Labute approximate surface area is 163 Å². The molecule has 1 saturated heterocycles. The van der Waals surface area contributed by atoms with E-state index in [2.05, 4.69) is 10.00 Å². The molecule has 0 saturated carbocycles. The molecular weight excluding hydrogens is 363 g/mol. The van der Waals surface area contributed by atoms with E-state index in [4.69, 9.17) is 4.74 Å². The molecule has 0 radical (unpaired) electrons. The van der Waals surface area contributed by atoms with Crippen LogP contribution in [0, 0.1) is 5.82 Å². The summed E-state index contributed by atoms with van der Waals surface area (Å²) in [5, 5.41) is 4.20. The van der Waals surface area contributed by atoms with Gasteiger partial charge in [-0.25, -0.2) is 9.07 Å². The van der Waals surface area contributed by atoms with Crippen molar-refractivity contribution in [3.05, 3.63) is 57.8 Å². The van der Waals surface area contributed by atoms with E-state index in [1.807, 2.05) is 13.0 Å². The smallest absolute Gasteiger partial charge is 0.274 e. The van der Waals surface area contributed by atoms with Gasteiger partial charge in [-0.05, 0) is 30.2 Å². The highest BCUT2D eigenvalue weighted by Crippen LogP contribution is 2.19. The fourth-order valence-corrected chi connectivity index (χ4v) is 3.27. The Balaban J connectivity index is 1.59. The van der Waals surface area contributed by atoms with E-state index in [9.17, 15) is 14.0 Å². The van der Waals surface area contributed by atoms with Gasteiger partial charge in [0.1, 0.15) is 5.69 Å². The van der Waals surface area contributed by atoms with E-state index in [1.54, 1.807) is 11.0 Å². The van der Waals surface area contributed by atoms with Crippen LogP contribution in [0.4, 0.5) is 4.39 Å². The molecule has 8 heteroatoms. The second-order valence-corrected chi connectivity index (χ2v) is 6.82. The monoisotopic (exact) mass is 388 g/mol. The van der Waals surface area contributed by atoms with E-state index in [0.717, 1.165) is 12.0 Å². The van der Waals surface area contributed by atoms with E-state index in [-0.39, 0.29) is 23.0 Å². The number of hydrogen-bond acceptors (Lipinski definition) is 5. The first-order valence-electron chi connectivity index (χ1n) is 9.44. The number of nitrogens with zero attached hydrogens (tertiary/aromatic N) is 4. The van der Waals surface area contributed by atoms with Crippen LogP contribution in [-0.2, 0) is 13.1 Å². The van der Waals surface area contributed by atoms with Gasteiger partial charge in [0.2, 0.25) is 0 Å². The Hall–Kier alpha value is -2.74. The molecule has 2 aromatic rings. The predicted octanol–water partition coefficient (Wildman–Crippen LogP) is 1.76. The van der Waals surface area contributed by atoms with Gasteiger partial charge in [-0.1, -0.05) is 13.0 Å². The van der Waals surface area contributed by atoms with Crippen molar-refractivity contribution in [1.29, 1.82) is 0 Å². The molecule has 3 rings (SSSR count). The van der Waals surface area contributed by atoms with Gasteiger partial charge in [-0.3, -0.25) is 14.5 Å². The summed E-state index contributed by atoms with van der Waals surface area (Å²) in [6.45, 7) is 5.56. The lowest BCUT2D eigenvalue weighted by Gasteiger charge is -2.34. The molecule has 28 heavy (non-hydrogen) atoms. The zero-order valence-electron chi connectivity index (χ0n) is 16.2. The van der Waals surface area contributed by atoms with Gasteiger partial charge >= 0.3 is 0 Å². The molecule has 1 aromatic carbocycles. The Morgan fingerprint density at radius 1 is 1.18 bits per heavy atom. The molecule has 0 aliphatic carbocycles. The standard InChI is InChI=1S/C20H25FN4O3/c1-3-8-25-19(26)7-5-17(22-25)20(27)24-11-9-23(10-12-24)14-15-4-6-18(28-2)16(21)13-15/h4-7,13H,3,8-12,14H2,1-2H3. The average Bonchev–Trinajstić information content (AvgIpc) is 2.70. The Morgan fingerprint density at radius 3 is 2.57 bits per heavy atom. The van der Waals surface area contributed by atoms with Gasteiger partial charge in [-0.15, -0.1) is 0 Å². The molecule has 1 aliphatic rings. The molecule has 0 unspecified atom stereocenters. The number of aromatic nitrogens is 2. The lowest BCUT2D eigenvalue weighted by atomic mass is 10.1. The van der Waals surface area contributed by atoms with Gasteiger partial charge in [0.05, 0.1) is 7.11 Å². The van der Waals surface area contributed by atoms with Crippen molar-refractivity contribution < 1.29 is 13.9 Å². The first kappa shape index (κ1) is 20.0. The summed E-state index contributed by atoms with van der Waals surface area (Å²) >= 11 is 0. The highest BCUT2D eigenvalue weighted by atomic mass is 19.1. The minimum absolute atomic E-state index is 0.167. The molecule has 1 fully saturated rings. The van der Waals surface area contributed by atoms with E-state index < -0.39 is 0 Å². The number of piperazine rings is 1. The number of amides is 1. The lowest BCUT2D eigenvalue weighted by Crippen LogP contribution is -2.48. The largest absolute Gasteiger partial charge is 0.494 e. The minimum Gasteiger partial charge on any atom is -0.494 e. The average molecular weight is 388 g/mol. The van der Waals surface area contributed by atoms with Gasteiger partial charge in [-0.2, -0.15) is 5.10 Å². The number of aryl methyl sites for hydroxylation is 1. The van der Waals surface area contributed by atoms with Crippen molar-refractivity contribution in [3.8, 4) is 5.75 Å². The number of carbonyl (C=O) groups excluding carboxylic acids is 1. The lowest BCUT2D eigenvalue weighted by molar-refractivity contribution is 0.0619. The van der Waals surface area contributed by atoms with E-state index >= 15 is 0 Å². The van der Waals surface area contributed by atoms with Gasteiger partial charge < -0.3 is 9.64 Å². The fraction of sp³-hybridized carbons (Fsp3) is 0.450. The van der Waals surface area contributed by atoms with E-state index in [1.165, 1.54) is 30.0 Å². The predicted molar refractivity (Wildman–Crippen MR) is 103 cm³/mol. The number of rotatable bonds is 6. The van der Waals surface area contributed by atoms with Crippen LogP contribution in [0.5, 0.6) is 5.75 Å². The quantitative estimate of drug-likeness (QED) is 0.754. The summed E-state index contributed by atoms with van der Waals surface area (Å²) < 4.78 is 20.1. The summed E-state index contributed by atoms with van der Waals surface area (Å²) in [6.07, 6.45) is 0.773. The first-order chi connectivity index (χ1) is 13.5. The third-order valence-corrected chi connectivity index (χ3v) is 4.80. The van der Waals surface area contributed by atoms with Crippen molar-refractivity contribution in [2.24, 2.45) is 0 Å². The van der Waals surface area contributed by atoms with Crippen LogP contribution in [0.2, 0.25) is 0 Å². The summed E-state index contributed by atoms with van der Waals surface area (Å²) in [6, 6.07) is 7.84. The first-order valence-corrected chi connectivity index (χ1v) is 9.44. The molecule has 1 aromatic heterocycles. The SMILES string of the molecule is CCCn1nc(C(=O)N2CCN(Cc3ccc(OC)c(F)c3)CC2)ccc1=O. The number of methoxy groups -OCH3 is 1. The summed E-state index contributed by atoms with van der Waals surface area (Å²) in [4.78, 5) is 28.4. The third kappa shape index (κ3) is 4.56. The van der Waals surface area contributed by atoms with Crippen LogP contribution in [0.15, 0.2) is 35.1 Å². The molecule has 150 valence electrons. The second-order valence-electron chi connectivity index (χ2n) is 6.82.